The highest BCUT2D eigenvalue weighted by Gasteiger charge is 2.25. The van der Waals surface area contributed by atoms with Crippen LogP contribution < -0.4 is 4.90 Å². The minimum atomic E-state index is -0.905. The molecule has 0 aliphatic carbocycles. The van der Waals surface area contributed by atoms with Crippen molar-refractivity contribution in [3.8, 4) is 0 Å². The highest BCUT2D eigenvalue weighted by atomic mass is 35.5. The van der Waals surface area contributed by atoms with Crippen molar-refractivity contribution in [3.63, 3.8) is 0 Å². The molecule has 1 aliphatic rings. The van der Waals surface area contributed by atoms with Crippen LogP contribution in [0.5, 0.6) is 0 Å². The lowest BCUT2D eigenvalue weighted by Crippen LogP contribution is -2.52. The summed E-state index contributed by atoms with van der Waals surface area (Å²) in [6, 6.07) is 5.37. The lowest BCUT2D eigenvalue weighted by Gasteiger charge is -2.41. The Morgan fingerprint density at radius 2 is 2.21 bits per heavy atom. The molecule has 1 atom stereocenters. The van der Waals surface area contributed by atoms with E-state index in [9.17, 15) is 9.90 Å². The number of benzene rings is 1. The molecule has 0 saturated carbocycles. The van der Waals surface area contributed by atoms with Gasteiger partial charge in [0.05, 0.1) is 11.3 Å². The van der Waals surface area contributed by atoms with Crippen molar-refractivity contribution in [2.75, 3.05) is 31.1 Å². The van der Waals surface area contributed by atoms with E-state index < -0.39 is 5.97 Å². The smallest absolute Gasteiger partial charge is 0.337 e. The summed E-state index contributed by atoms with van der Waals surface area (Å²) in [5.41, 5.74) is 1.05. The number of carboxylic acids is 1. The Hall–Kier alpha value is -1.26. The van der Waals surface area contributed by atoms with E-state index in [-0.39, 0.29) is 0 Å². The largest absolute Gasteiger partial charge is 0.478 e. The summed E-state index contributed by atoms with van der Waals surface area (Å²) in [5.74, 6) is -0.905. The van der Waals surface area contributed by atoms with Crippen molar-refractivity contribution in [2.45, 2.75) is 19.9 Å². The van der Waals surface area contributed by atoms with Crippen LogP contribution in [0, 0.1) is 0 Å². The number of anilines is 1. The normalized spacial score (nSPS) is 20.6. The number of nitrogens with zero attached hydrogens (tertiary/aromatic N) is 2. The van der Waals surface area contributed by atoms with Crippen LogP contribution in [0.1, 0.15) is 24.2 Å². The first kappa shape index (κ1) is 14.2. The summed E-state index contributed by atoms with van der Waals surface area (Å²) < 4.78 is 0. The van der Waals surface area contributed by atoms with Crippen LogP contribution in [0.25, 0.3) is 0 Å². The molecular weight excluding hydrogens is 264 g/mol. The summed E-state index contributed by atoms with van der Waals surface area (Å²) in [6.45, 7) is 7.95. The van der Waals surface area contributed by atoms with Gasteiger partial charge in [-0.25, -0.2) is 4.79 Å². The second kappa shape index (κ2) is 5.80. The van der Waals surface area contributed by atoms with Crippen molar-refractivity contribution in [3.05, 3.63) is 28.8 Å². The van der Waals surface area contributed by atoms with Crippen LogP contribution in [0.3, 0.4) is 0 Å². The Labute approximate surface area is 118 Å². The number of likely N-dealkylation sites (N-methyl/N-ethyl adjacent to an activating group) is 1. The molecule has 1 N–H and O–H groups in total. The summed E-state index contributed by atoms with van der Waals surface area (Å²) in [7, 11) is 0. The molecule has 0 bridgehead atoms. The van der Waals surface area contributed by atoms with Crippen molar-refractivity contribution in [1.82, 2.24) is 4.90 Å². The van der Waals surface area contributed by atoms with E-state index in [1.165, 1.54) is 0 Å². The zero-order chi connectivity index (χ0) is 14.0. The third kappa shape index (κ3) is 3.01. The highest BCUT2D eigenvalue weighted by Crippen LogP contribution is 2.27. The maximum atomic E-state index is 11.3. The monoisotopic (exact) mass is 282 g/mol. The van der Waals surface area contributed by atoms with Crippen LogP contribution in [-0.4, -0.2) is 48.2 Å². The van der Waals surface area contributed by atoms with Crippen molar-refractivity contribution in [1.29, 1.82) is 0 Å². The molecule has 1 aromatic carbocycles. The molecule has 1 saturated heterocycles. The van der Waals surface area contributed by atoms with Gasteiger partial charge in [-0.1, -0.05) is 18.5 Å². The lowest BCUT2D eigenvalue weighted by molar-refractivity contribution is 0.0697. The van der Waals surface area contributed by atoms with Gasteiger partial charge < -0.3 is 10.0 Å². The molecule has 0 amide bonds. The molecule has 1 fully saturated rings. The first-order chi connectivity index (χ1) is 9.02. The topological polar surface area (TPSA) is 43.8 Å². The minimum Gasteiger partial charge on any atom is -0.478 e. The predicted octanol–water partition coefficient (Wildman–Crippen LogP) is 2.57. The van der Waals surface area contributed by atoms with Gasteiger partial charge in [0, 0.05) is 30.7 Å². The standard InChI is InChI=1S/C14H19ClN2O2/c1-3-16-6-7-17(9-10(16)2)13-8-11(15)4-5-12(13)14(18)19/h4-5,8,10H,3,6-7,9H2,1-2H3,(H,18,19). The van der Waals surface area contributed by atoms with E-state index in [0.717, 1.165) is 31.9 Å². The number of aromatic carboxylic acids is 1. The van der Waals surface area contributed by atoms with Gasteiger partial charge in [-0.3, -0.25) is 4.90 Å². The van der Waals surface area contributed by atoms with Gasteiger partial charge in [0.25, 0.3) is 0 Å². The highest BCUT2D eigenvalue weighted by molar-refractivity contribution is 6.31. The first-order valence-corrected chi connectivity index (χ1v) is 6.92. The van der Waals surface area contributed by atoms with Gasteiger partial charge in [0.2, 0.25) is 0 Å². The van der Waals surface area contributed by atoms with E-state index in [4.69, 9.17) is 11.6 Å². The number of rotatable bonds is 3. The molecule has 0 spiro atoms. The third-order valence-corrected chi connectivity index (χ3v) is 3.94. The molecule has 19 heavy (non-hydrogen) atoms. The fourth-order valence-corrected chi connectivity index (χ4v) is 2.80. The number of hydrogen-bond donors (Lipinski definition) is 1. The number of halogens is 1. The van der Waals surface area contributed by atoms with E-state index in [0.29, 0.717) is 16.6 Å². The first-order valence-electron chi connectivity index (χ1n) is 6.54. The molecule has 1 aliphatic heterocycles. The number of hydrogen-bond acceptors (Lipinski definition) is 3. The zero-order valence-electron chi connectivity index (χ0n) is 11.3. The van der Waals surface area contributed by atoms with Gasteiger partial charge in [-0.2, -0.15) is 0 Å². The molecule has 1 unspecified atom stereocenters. The van der Waals surface area contributed by atoms with Gasteiger partial charge in [0.1, 0.15) is 0 Å². The molecule has 5 heteroatoms. The van der Waals surface area contributed by atoms with Crippen molar-refractivity contribution >= 4 is 23.3 Å². The molecule has 2 rings (SSSR count). The minimum absolute atomic E-state index is 0.321. The van der Waals surface area contributed by atoms with E-state index in [1.807, 2.05) is 0 Å². The lowest BCUT2D eigenvalue weighted by atomic mass is 10.1. The quantitative estimate of drug-likeness (QED) is 0.925. The summed E-state index contributed by atoms with van der Waals surface area (Å²) in [5, 5.41) is 9.85. The summed E-state index contributed by atoms with van der Waals surface area (Å²) in [6.07, 6.45) is 0. The summed E-state index contributed by atoms with van der Waals surface area (Å²) >= 11 is 6.00. The molecular formula is C14H19ClN2O2. The summed E-state index contributed by atoms with van der Waals surface area (Å²) in [4.78, 5) is 15.8. The molecule has 0 radical (unpaired) electrons. The van der Waals surface area contributed by atoms with Crippen LogP contribution in [-0.2, 0) is 0 Å². The van der Waals surface area contributed by atoms with Crippen molar-refractivity contribution in [2.24, 2.45) is 0 Å². The van der Waals surface area contributed by atoms with Crippen LogP contribution in [0.4, 0.5) is 5.69 Å². The molecule has 0 aromatic heterocycles. The van der Waals surface area contributed by atoms with E-state index in [2.05, 4.69) is 23.6 Å². The second-order valence-electron chi connectivity index (χ2n) is 4.89. The fourth-order valence-electron chi connectivity index (χ4n) is 2.63. The van der Waals surface area contributed by atoms with E-state index >= 15 is 0 Å². The van der Waals surface area contributed by atoms with Crippen LogP contribution in [0.2, 0.25) is 5.02 Å². The molecule has 1 heterocycles. The Bertz CT molecular complexity index is 479. The van der Waals surface area contributed by atoms with Gasteiger partial charge in [-0.15, -0.1) is 0 Å². The number of carbonyl (C=O) groups is 1. The van der Waals surface area contributed by atoms with Crippen LogP contribution in [0.15, 0.2) is 18.2 Å². The SMILES string of the molecule is CCN1CCN(c2cc(Cl)ccc2C(=O)O)CC1C. The van der Waals surface area contributed by atoms with Gasteiger partial charge in [-0.05, 0) is 31.7 Å². The Morgan fingerprint density at radius 3 is 2.79 bits per heavy atom. The Kier molecular flexibility index (Phi) is 4.32. The van der Waals surface area contributed by atoms with Crippen LogP contribution >= 0.6 is 11.6 Å². The predicted molar refractivity (Wildman–Crippen MR) is 77.3 cm³/mol. The number of carboxylic acid groups (broad SMARTS) is 1. The van der Waals surface area contributed by atoms with E-state index in [1.54, 1.807) is 18.2 Å². The molecule has 4 nitrogen and oxygen atoms in total. The fraction of sp³-hybridized carbons (Fsp3) is 0.500. The van der Waals surface area contributed by atoms with Crippen molar-refractivity contribution < 1.29 is 9.90 Å². The average Bonchev–Trinajstić information content (AvgIpc) is 2.38. The average molecular weight is 283 g/mol. The third-order valence-electron chi connectivity index (χ3n) is 3.70. The van der Waals surface area contributed by atoms with Gasteiger partial charge >= 0.3 is 5.97 Å². The Balaban J connectivity index is 2.27. The second-order valence-corrected chi connectivity index (χ2v) is 5.33. The number of piperazine rings is 1. The Morgan fingerprint density at radius 1 is 1.47 bits per heavy atom. The molecule has 104 valence electrons. The maximum absolute atomic E-state index is 11.3. The van der Waals surface area contributed by atoms with Gasteiger partial charge in [0.15, 0.2) is 0 Å². The maximum Gasteiger partial charge on any atom is 0.337 e. The zero-order valence-corrected chi connectivity index (χ0v) is 12.0. The molecule has 1 aromatic rings.